The molecular weight excluding hydrogens is 622 g/mol. The van der Waals surface area contributed by atoms with Gasteiger partial charge in [-0.2, -0.15) is 0 Å². The zero-order valence-corrected chi connectivity index (χ0v) is 26.0. The third-order valence-corrected chi connectivity index (χ3v) is 9.05. The predicted molar refractivity (Wildman–Crippen MR) is 175 cm³/mol. The minimum Gasteiger partial charge on any atom is -0.355 e. The summed E-state index contributed by atoms with van der Waals surface area (Å²) in [4.78, 5) is 57.5. The number of halogens is 1. The van der Waals surface area contributed by atoms with Gasteiger partial charge < -0.3 is 25.4 Å². The van der Waals surface area contributed by atoms with Crippen LogP contribution >= 0.6 is 15.9 Å². The lowest BCUT2D eigenvalue weighted by Gasteiger charge is -2.28. The Kier molecular flexibility index (Phi) is 8.52. The van der Waals surface area contributed by atoms with Crippen molar-refractivity contribution >= 4 is 60.7 Å². The first-order valence-electron chi connectivity index (χ1n) is 14.9. The smallest absolute Gasteiger partial charge is 0.290 e. The Morgan fingerprint density at radius 1 is 0.841 bits per heavy atom. The first kappa shape index (κ1) is 29.6. The van der Waals surface area contributed by atoms with Gasteiger partial charge in [0.1, 0.15) is 12.1 Å². The highest BCUT2D eigenvalue weighted by Crippen LogP contribution is 2.30. The third-order valence-electron chi connectivity index (χ3n) is 8.59. The van der Waals surface area contributed by atoms with E-state index in [2.05, 4.69) is 31.5 Å². The highest BCUT2D eigenvalue weighted by Gasteiger charge is 2.38. The van der Waals surface area contributed by atoms with Crippen LogP contribution in [0.15, 0.2) is 78.9 Å². The second-order valence-corrected chi connectivity index (χ2v) is 12.2. The number of rotatable bonds is 7. The summed E-state index contributed by atoms with van der Waals surface area (Å²) in [6, 6.07) is 23.9. The average Bonchev–Trinajstić information content (AvgIpc) is 3.76. The molecule has 226 valence electrons. The van der Waals surface area contributed by atoms with Gasteiger partial charge in [0.25, 0.3) is 4.82 Å². The molecule has 0 spiro atoms. The van der Waals surface area contributed by atoms with Gasteiger partial charge in [0.05, 0.1) is 6.42 Å². The van der Waals surface area contributed by atoms with Crippen molar-refractivity contribution < 1.29 is 19.2 Å². The second kappa shape index (κ2) is 12.7. The number of amides is 4. The molecule has 3 heterocycles. The summed E-state index contributed by atoms with van der Waals surface area (Å²) in [5.74, 6) is -0.406. The zero-order valence-electron chi connectivity index (χ0n) is 24.4. The normalized spacial score (nSPS) is 19.7. The van der Waals surface area contributed by atoms with E-state index in [1.165, 1.54) is 0 Å². The van der Waals surface area contributed by atoms with Gasteiger partial charge in [0.15, 0.2) is 0 Å². The summed E-state index contributed by atoms with van der Waals surface area (Å²) in [7, 11) is 0. The van der Waals surface area contributed by atoms with Crippen molar-refractivity contribution in [2.75, 3.05) is 17.2 Å². The van der Waals surface area contributed by atoms with Crippen LogP contribution in [0, 0.1) is 0 Å². The fourth-order valence-corrected chi connectivity index (χ4v) is 6.75. The standard InChI is InChI=1S/C34H34BrN5O4/c1-21-9-16-30(40(21)31(41)18-22-6-3-2-4-7-22)33(43)36-25-12-10-23(11-13-25)28-20-24-19-26(14-15-27(24)38-28)37-32(42)29-8-5-17-39(29)34(35)44/h2-4,6-7,10-15,19-21,29-30,38H,5,8-9,16-18H2,1H3,(H,36,43)(H,37,42)/t21?,29-,30-/m0/s1. The average molecular weight is 657 g/mol. The summed E-state index contributed by atoms with van der Waals surface area (Å²) < 4.78 is 0. The SMILES string of the molecule is CC1CC[C@@H](C(=O)Nc2ccc(-c3cc4cc(NC(=O)[C@@H]5CCCN5C(=O)Br)ccc4[nH]3)cc2)N1C(=O)Cc1ccccc1. The molecule has 4 aromatic rings. The van der Waals surface area contributed by atoms with E-state index in [1.807, 2.05) is 85.8 Å². The molecule has 9 nitrogen and oxygen atoms in total. The van der Waals surface area contributed by atoms with Crippen LogP contribution in [0.25, 0.3) is 22.2 Å². The van der Waals surface area contributed by atoms with Crippen molar-refractivity contribution in [3.63, 3.8) is 0 Å². The molecule has 2 aliphatic rings. The fraction of sp³-hybridized carbons (Fsp3) is 0.294. The number of likely N-dealkylation sites (tertiary alicyclic amines) is 2. The summed E-state index contributed by atoms with van der Waals surface area (Å²) in [6.45, 7) is 2.57. The lowest BCUT2D eigenvalue weighted by Crippen LogP contribution is -2.46. The number of hydrogen-bond donors (Lipinski definition) is 3. The summed E-state index contributed by atoms with van der Waals surface area (Å²) in [5.41, 5.74) is 5.03. The zero-order chi connectivity index (χ0) is 30.8. The lowest BCUT2D eigenvalue weighted by molar-refractivity contribution is -0.137. The van der Waals surface area contributed by atoms with Crippen LogP contribution in [0.1, 0.15) is 38.2 Å². The van der Waals surface area contributed by atoms with E-state index in [-0.39, 0.29) is 35.0 Å². The quantitative estimate of drug-likeness (QED) is 0.160. The number of carbonyl (C=O) groups excluding carboxylic acids is 4. The Morgan fingerprint density at radius 2 is 1.55 bits per heavy atom. The number of hydrogen-bond acceptors (Lipinski definition) is 4. The molecule has 1 aromatic heterocycles. The van der Waals surface area contributed by atoms with E-state index >= 15 is 0 Å². The molecule has 2 fully saturated rings. The fourth-order valence-electron chi connectivity index (χ4n) is 6.32. The van der Waals surface area contributed by atoms with E-state index in [1.54, 1.807) is 9.80 Å². The van der Waals surface area contributed by atoms with Crippen molar-refractivity contribution in [2.24, 2.45) is 0 Å². The van der Waals surface area contributed by atoms with Gasteiger partial charge in [-0.3, -0.25) is 19.2 Å². The Hall–Kier alpha value is -4.44. The van der Waals surface area contributed by atoms with E-state index in [4.69, 9.17) is 0 Å². The molecule has 3 N–H and O–H groups in total. The molecule has 1 unspecified atom stereocenters. The highest BCUT2D eigenvalue weighted by atomic mass is 79.9. The number of carbonyl (C=O) groups is 4. The molecule has 10 heteroatoms. The number of aromatic amines is 1. The van der Waals surface area contributed by atoms with Crippen LogP contribution in [0.3, 0.4) is 0 Å². The number of benzene rings is 3. The Morgan fingerprint density at radius 3 is 2.30 bits per heavy atom. The van der Waals surface area contributed by atoms with Crippen LogP contribution in [0.2, 0.25) is 0 Å². The van der Waals surface area contributed by atoms with Crippen molar-refractivity contribution in [2.45, 2.75) is 57.2 Å². The number of aromatic nitrogens is 1. The highest BCUT2D eigenvalue weighted by molar-refractivity contribution is 9.18. The van der Waals surface area contributed by atoms with Gasteiger partial charge in [-0.15, -0.1) is 0 Å². The van der Waals surface area contributed by atoms with E-state index in [0.717, 1.165) is 40.6 Å². The predicted octanol–water partition coefficient (Wildman–Crippen LogP) is 6.31. The molecule has 0 radical (unpaired) electrons. The van der Waals surface area contributed by atoms with Gasteiger partial charge >= 0.3 is 0 Å². The molecule has 0 aliphatic carbocycles. The van der Waals surface area contributed by atoms with Crippen molar-refractivity contribution in [1.29, 1.82) is 0 Å². The van der Waals surface area contributed by atoms with E-state index < -0.39 is 12.1 Å². The molecule has 2 aliphatic heterocycles. The van der Waals surface area contributed by atoms with Gasteiger partial charge in [-0.05, 0) is 80.1 Å². The Bertz CT molecular complexity index is 1700. The molecule has 44 heavy (non-hydrogen) atoms. The molecule has 3 atom stereocenters. The second-order valence-electron chi connectivity index (χ2n) is 11.6. The first-order chi connectivity index (χ1) is 21.3. The molecular formula is C34H34BrN5O4. The summed E-state index contributed by atoms with van der Waals surface area (Å²) in [5, 5.41) is 6.89. The van der Waals surface area contributed by atoms with Crippen LogP contribution < -0.4 is 10.6 Å². The van der Waals surface area contributed by atoms with Crippen LogP contribution in [0.5, 0.6) is 0 Å². The van der Waals surface area contributed by atoms with Crippen molar-refractivity contribution in [1.82, 2.24) is 14.8 Å². The maximum atomic E-state index is 13.3. The molecule has 6 rings (SSSR count). The van der Waals surface area contributed by atoms with Gasteiger partial charge in [-0.25, -0.2) is 0 Å². The molecule has 3 aromatic carbocycles. The summed E-state index contributed by atoms with van der Waals surface area (Å²) in [6.07, 6.45) is 3.14. The maximum Gasteiger partial charge on any atom is 0.290 e. The Labute approximate surface area is 264 Å². The van der Waals surface area contributed by atoms with Crippen molar-refractivity contribution in [3.8, 4) is 11.3 Å². The molecule has 4 amide bonds. The minimum absolute atomic E-state index is 0.0103. The number of nitrogens with one attached hydrogen (secondary N) is 3. The Balaban J connectivity index is 1.10. The lowest BCUT2D eigenvalue weighted by atomic mass is 10.1. The van der Waals surface area contributed by atoms with Gasteiger partial charge in [-0.1, -0.05) is 42.5 Å². The van der Waals surface area contributed by atoms with Crippen LogP contribution in [-0.4, -0.2) is 62.0 Å². The molecule has 2 saturated heterocycles. The van der Waals surface area contributed by atoms with E-state index in [9.17, 15) is 19.2 Å². The van der Waals surface area contributed by atoms with Gasteiger partial charge in [0.2, 0.25) is 17.7 Å². The van der Waals surface area contributed by atoms with Gasteiger partial charge in [0, 0.05) is 56.5 Å². The minimum atomic E-state index is -0.499. The van der Waals surface area contributed by atoms with Crippen LogP contribution in [0.4, 0.5) is 16.2 Å². The number of anilines is 2. The number of fused-ring (bicyclic) bond motifs is 1. The third kappa shape index (κ3) is 6.26. The van der Waals surface area contributed by atoms with Crippen LogP contribution in [-0.2, 0) is 20.8 Å². The topological polar surface area (TPSA) is 115 Å². The van der Waals surface area contributed by atoms with E-state index in [0.29, 0.717) is 30.8 Å². The largest absolute Gasteiger partial charge is 0.355 e. The molecule has 0 saturated carbocycles. The number of H-pyrrole nitrogens is 1. The summed E-state index contributed by atoms with van der Waals surface area (Å²) >= 11 is 2.97. The maximum absolute atomic E-state index is 13.3. The monoisotopic (exact) mass is 655 g/mol. The number of nitrogens with zero attached hydrogens (tertiary/aromatic N) is 2. The van der Waals surface area contributed by atoms with Crippen molar-refractivity contribution in [3.05, 3.63) is 84.4 Å². The molecule has 0 bridgehead atoms. The first-order valence-corrected chi connectivity index (χ1v) is 15.7.